The normalized spacial score (nSPS) is 17.6. The molecular formula is C22H29N3O2. The molecule has 5 nitrogen and oxygen atoms in total. The van der Waals surface area contributed by atoms with Gasteiger partial charge in [0.25, 0.3) is 5.91 Å². The van der Waals surface area contributed by atoms with Crippen LogP contribution < -0.4 is 10.9 Å². The van der Waals surface area contributed by atoms with Gasteiger partial charge >= 0.3 is 0 Å². The van der Waals surface area contributed by atoms with Crippen LogP contribution in [0.4, 0.5) is 0 Å². The van der Waals surface area contributed by atoms with Gasteiger partial charge in [0.15, 0.2) is 0 Å². The first-order valence-electron chi connectivity index (χ1n) is 9.81. The first kappa shape index (κ1) is 19.4. The fourth-order valence-corrected chi connectivity index (χ4v) is 4.05. The molecule has 1 unspecified atom stereocenters. The highest BCUT2D eigenvalue weighted by molar-refractivity contribution is 5.96. The van der Waals surface area contributed by atoms with Gasteiger partial charge in [0.2, 0.25) is 5.56 Å². The summed E-state index contributed by atoms with van der Waals surface area (Å²) in [6.07, 6.45) is 4.62. The molecule has 1 atom stereocenters. The molecule has 1 saturated heterocycles. The largest absolute Gasteiger partial charge is 0.352 e. The molecule has 1 aromatic carbocycles. The smallest absolute Gasteiger partial charge is 0.253 e. The molecule has 0 saturated carbocycles. The van der Waals surface area contributed by atoms with Crippen LogP contribution in [-0.2, 0) is 6.54 Å². The van der Waals surface area contributed by atoms with E-state index in [0.29, 0.717) is 23.8 Å². The third-order valence-electron chi connectivity index (χ3n) is 5.40. The number of aromatic amines is 1. The molecule has 27 heavy (non-hydrogen) atoms. The maximum absolute atomic E-state index is 12.6. The molecule has 2 aromatic rings. The average Bonchev–Trinajstić information content (AvgIpc) is 2.63. The summed E-state index contributed by atoms with van der Waals surface area (Å²) >= 11 is 0. The number of benzene rings is 1. The minimum Gasteiger partial charge on any atom is -0.352 e. The van der Waals surface area contributed by atoms with Crippen molar-refractivity contribution in [2.75, 3.05) is 13.1 Å². The number of pyridine rings is 1. The molecule has 0 spiro atoms. The summed E-state index contributed by atoms with van der Waals surface area (Å²) in [4.78, 5) is 29.3. The molecule has 1 fully saturated rings. The summed E-state index contributed by atoms with van der Waals surface area (Å²) in [5, 5.41) is 3.04. The van der Waals surface area contributed by atoms with Crippen molar-refractivity contribution in [3.8, 4) is 0 Å². The summed E-state index contributed by atoms with van der Waals surface area (Å²) in [5.41, 5.74) is 3.10. The molecule has 5 heteroatoms. The molecule has 2 heterocycles. The van der Waals surface area contributed by atoms with E-state index in [-0.39, 0.29) is 11.5 Å². The van der Waals surface area contributed by atoms with Gasteiger partial charge in [-0.1, -0.05) is 36.8 Å². The van der Waals surface area contributed by atoms with Crippen molar-refractivity contribution < 1.29 is 4.79 Å². The van der Waals surface area contributed by atoms with E-state index in [9.17, 15) is 9.59 Å². The minimum atomic E-state index is -0.166. The Kier molecular flexibility index (Phi) is 6.45. The number of amides is 1. The Morgan fingerprint density at radius 2 is 2.00 bits per heavy atom. The highest BCUT2D eigenvalue weighted by Gasteiger charge is 2.22. The molecule has 0 bridgehead atoms. The van der Waals surface area contributed by atoms with Gasteiger partial charge in [0.1, 0.15) is 0 Å². The predicted octanol–water partition coefficient (Wildman–Crippen LogP) is 3.17. The second-order valence-corrected chi connectivity index (χ2v) is 7.47. The van der Waals surface area contributed by atoms with Crippen molar-refractivity contribution in [3.05, 3.63) is 69.1 Å². The number of hydrogen-bond acceptors (Lipinski definition) is 3. The fourth-order valence-electron chi connectivity index (χ4n) is 4.05. The Morgan fingerprint density at radius 1 is 1.22 bits per heavy atom. The Bertz CT molecular complexity index is 803. The van der Waals surface area contributed by atoms with Crippen LogP contribution in [0.5, 0.6) is 0 Å². The van der Waals surface area contributed by atoms with Crippen LogP contribution in [0.15, 0.2) is 41.2 Å². The van der Waals surface area contributed by atoms with Crippen LogP contribution in [0.1, 0.15) is 52.9 Å². The van der Waals surface area contributed by atoms with Crippen molar-refractivity contribution >= 4 is 5.91 Å². The summed E-state index contributed by atoms with van der Waals surface area (Å²) in [7, 11) is 0. The number of aromatic nitrogens is 1. The van der Waals surface area contributed by atoms with Crippen molar-refractivity contribution in [2.45, 2.75) is 52.1 Å². The number of nitrogens with zero attached hydrogens (tertiary/aromatic N) is 1. The second kappa shape index (κ2) is 9.00. The molecule has 1 aliphatic heterocycles. The van der Waals surface area contributed by atoms with E-state index < -0.39 is 0 Å². The zero-order valence-corrected chi connectivity index (χ0v) is 16.3. The van der Waals surface area contributed by atoms with Crippen molar-refractivity contribution in [2.24, 2.45) is 0 Å². The van der Waals surface area contributed by atoms with E-state index in [4.69, 9.17) is 0 Å². The van der Waals surface area contributed by atoms with E-state index in [1.165, 1.54) is 30.9 Å². The summed E-state index contributed by atoms with van der Waals surface area (Å²) in [6, 6.07) is 12.5. The third kappa shape index (κ3) is 5.07. The Hall–Kier alpha value is -2.40. The van der Waals surface area contributed by atoms with Gasteiger partial charge in [-0.2, -0.15) is 0 Å². The van der Waals surface area contributed by atoms with Gasteiger partial charge < -0.3 is 10.3 Å². The van der Waals surface area contributed by atoms with Gasteiger partial charge in [-0.3, -0.25) is 14.5 Å². The van der Waals surface area contributed by atoms with E-state index in [1.807, 2.05) is 6.07 Å². The number of piperidine rings is 1. The molecule has 144 valence electrons. The molecule has 0 aliphatic carbocycles. The van der Waals surface area contributed by atoms with Crippen LogP contribution in [-0.4, -0.2) is 34.9 Å². The third-order valence-corrected chi connectivity index (χ3v) is 5.40. The molecule has 1 aromatic heterocycles. The molecule has 2 N–H and O–H groups in total. The van der Waals surface area contributed by atoms with E-state index in [2.05, 4.69) is 39.5 Å². The highest BCUT2D eigenvalue weighted by Crippen LogP contribution is 2.21. The predicted molar refractivity (Wildman–Crippen MR) is 108 cm³/mol. The van der Waals surface area contributed by atoms with E-state index in [0.717, 1.165) is 25.1 Å². The number of carbonyl (C=O) groups is 1. The lowest BCUT2D eigenvalue weighted by atomic mass is 9.98. The molecule has 1 aliphatic rings. The van der Waals surface area contributed by atoms with Crippen LogP contribution in [0.3, 0.4) is 0 Å². The Morgan fingerprint density at radius 3 is 2.74 bits per heavy atom. The van der Waals surface area contributed by atoms with Crippen LogP contribution in [0.2, 0.25) is 0 Å². The van der Waals surface area contributed by atoms with Gasteiger partial charge in [-0.25, -0.2) is 0 Å². The van der Waals surface area contributed by atoms with Gasteiger partial charge in [0.05, 0.1) is 5.56 Å². The maximum atomic E-state index is 12.6. The number of nitrogens with one attached hydrogen (secondary N) is 2. The van der Waals surface area contributed by atoms with E-state index >= 15 is 0 Å². The minimum absolute atomic E-state index is 0.105. The van der Waals surface area contributed by atoms with Crippen molar-refractivity contribution in [1.82, 2.24) is 15.2 Å². The number of H-pyrrole nitrogens is 1. The first-order chi connectivity index (χ1) is 13.0. The quantitative estimate of drug-likeness (QED) is 0.824. The molecule has 0 radical (unpaired) electrons. The Labute approximate surface area is 160 Å². The fraction of sp³-hybridized carbons (Fsp3) is 0.455. The molecule has 1 amide bonds. The summed E-state index contributed by atoms with van der Waals surface area (Å²) < 4.78 is 0. The molecular weight excluding hydrogens is 338 g/mol. The molecule has 3 rings (SSSR count). The lowest BCUT2D eigenvalue weighted by Gasteiger charge is -2.36. The van der Waals surface area contributed by atoms with Crippen LogP contribution >= 0.6 is 0 Å². The number of carbonyl (C=O) groups excluding carboxylic acids is 1. The lowest BCUT2D eigenvalue weighted by molar-refractivity contribution is 0.0935. The maximum Gasteiger partial charge on any atom is 0.253 e. The second-order valence-electron chi connectivity index (χ2n) is 7.47. The number of hydrogen-bond donors (Lipinski definition) is 2. The van der Waals surface area contributed by atoms with Crippen molar-refractivity contribution in [1.29, 1.82) is 0 Å². The SMILES string of the molecule is Cc1cc(=O)[nH]c(C)c1C(=O)NCCC1CCCCN1Cc1ccccc1. The lowest BCUT2D eigenvalue weighted by Crippen LogP contribution is -2.41. The topological polar surface area (TPSA) is 65.2 Å². The zero-order chi connectivity index (χ0) is 19.2. The summed E-state index contributed by atoms with van der Waals surface area (Å²) in [5.74, 6) is -0.105. The monoisotopic (exact) mass is 367 g/mol. The summed E-state index contributed by atoms with van der Waals surface area (Å²) in [6.45, 7) is 6.31. The number of aryl methyl sites for hydroxylation is 2. The highest BCUT2D eigenvalue weighted by atomic mass is 16.1. The first-order valence-corrected chi connectivity index (χ1v) is 9.81. The van der Waals surface area contributed by atoms with Gasteiger partial charge in [-0.15, -0.1) is 0 Å². The van der Waals surface area contributed by atoms with Gasteiger partial charge in [-0.05, 0) is 50.8 Å². The van der Waals surface area contributed by atoms with Crippen LogP contribution in [0.25, 0.3) is 0 Å². The van der Waals surface area contributed by atoms with Crippen LogP contribution in [0, 0.1) is 13.8 Å². The van der Waals surface area contributed by atoms with E-state index in [1.54, 1.807) is 13.8 Å². The number of likely N-dealkylation sites (tertiary alicyclic amines) is 1. The van der Waals surface area contributed by atoms with Crippen molar-refractivity contribution in [3.63, 3.8) is 0 Å². The van der Waals surface area contributed by atoms with Gasteiger partial charge in [0, 0.05) is 30.9 Å². The standard InChI is InChI=1S/C22H29N3O2/c1-16-14-20(26)24-17(2)21(16)22(27)23-12-11-19-10-6-7-13-25(19)15-18-8-4-3-5-9-18/h3-5,8-9,14,19H,6-7,10-13,15H2,1-2H3,(H,23,27)(H,24,26). The number of rotatable bonds is 6. The average molecular weight is 367 g/mol. The Balaban J connectivity index is 1.57. The zero-order valence-electron chi connectivity index (χ0n) is 16.3.